The van der Waals surface area contributed by atoms with Crippen LogP contribution in [0.4, 0.5) is 11.5 Å². The largest absolute Gasteiger partial charge is 0.383 e. The number of nitrogens with one attached hydrogen (secondary N) is 1. The smallest absolute Gasteiger partial charge is 0.330 e. The summed E-state index contributed by atoms with van der Waals surface area (Å²) in [6.45, 7) is 5.99. The molecule has 182 valence electrons. The van der Waals surface area contributed by atoms with Crippen LogP contribution in [-0.4, -0.2) is 45.3 Å². The van der Waals surface area contributed by atoms with Crippen LogP contribution in [0.25, 0.3) is 0 Å². The number of amides is 3. The monoisotopic (exact) mass is 461 g/mol. The van der Waals surface area contributed by atoms with Crippen molar-refractivity contribution in [3.63, 3.8) is 0 Å². The number of nitrogen functional groups attached to an aromatic ring is 1. The molecular weight excluding hydrogens is 426 g/mol. The van der Waals surface area contributed by atoms with E-state index in [4.69, 9.17) is 5.73 Å². The fraction of sp³-hybridized carbons (Fsp3) is 0.696. The van der Waals surface area contributed by atoms with E-state index < -0.39 is 23.7 Å². The molecule has 1 aliphatic heterocycles. The number of unbranched alkanes of at least 4 members (excludes halogenated alkanes) is 1. The lowest BCUT2D eigenvalue weighted by molar-refractivity contribution is -0.143. The molecular formula is C23H35N5O5. The highest BCUT2D eigenvalue weighted by Gasteiger charge is 2.49. The Hall–Kier alpha value is -2.91. The molecule has 2 atom stereocenters. The van der Waals surface area contributed by atoms with E-state index in [2.05, 4.69) is 4.98 Å². The summed E-state index contributed by atoms with van der Waals surface area (Å²) in [7, 11) is 0. The minimum absolute atomic E-state index is 0.0814. The van der Waals surface area contributed by atoms with Gasteiger partial charge in [-0.05, 0) is 31.6 Å². The second-order valence-electron chi connectivity index (χ2n) is 9.49. The Morgan fingerprint density at radius 3 is 2.27 bits per heavy atom. The van der Waals surface area contributed by atoms with Gasteiger partial charge < -0.3 is 10.6 Å². The summed E-state index contributed by atoms with van der Waals surface area (Å²) in [6.07, 6.45) is 5.18. The van der Waals surface area contributed by atoms with Crippen LogP contribution in [0.1, 0.15) is 65.7 Å². The average molecular weight is 462 g/mol. The van der Waals surface area contributed by atoms with Crippen molar-refractivity contribution in [2.24, 2.45) is 17.8 Å². The second kappa shape index (κ2) is 10.4. The number of carbonyl (C=O) groups excluding carboxylic acids is 3. The van der Waals surface area contributed by atoms with E-state index in [0.29, 0.717) is 32.2 Å². The van der Waals surface area contributed by atoms with Crippen LogP contribution < -0.4 is 21.9 Å². The summed E-state index contributed by atoms with van der Waals surface area (Å²) in [4.78, 5) is 68.7. The van der Waals surface area contributed by atoms with Crippen LogP contribution in [0.15, 0.2) is 9.59 Å². The van der Waals surface area contributed by atoms with E-state index >= 15 is 0 Å². The summed E-state index contributed by atoms with van der Waals surface area (Å²) in [6, 6.07) is 0. The highest BCUT2D eigenvalue weighted by Crippen LogP contribution is 2.38. The molecule has 3 N–H and O–H groups in total. The molecule has 0 spiro atoms. The number of imide groups is 1. The normalized spacial score (nSPS) is 20.4. The van der Waals surface area contributed by atoms with Crippen molar-refractivity contribution in [3.8, 4) is 0 Å². The molecule has 1 aromatic heterocycles. The topological polar surface area (TPSA) is 139 Å². The number of nitrogens with zero attached hydrogens (tertiary/aromatic N) is 3. The van der Waals surface area contributed by atoms with E-state index in [1.165, 1.54) is 9.47 Å². The first-order valence-corrected chi connectivity index (χ1v) is 12.0. The zero-order valence-electron chi connectivity index (χ0n) is 19.8. The fourth-order valence-electron chi connectivity index (χ4n) is 4.73. The number of fused-ring (bicyclic) bond motifs is 1. The van der Waals surface area contributed by atoms with Gasteiger partial charge in [-0.25, -0.2) is 4.79 Å². The van der Waals surface area contributed by atoms with Crippen LogP contribution in [0, 0.1) is 17.8 Å². The first-order valence-electron chi connectivity index (χ1n) is 12.0. The van der Waals surface area contributed by atoms with Crippen molar-refractivity contribution in [2.75, 3.05) is 23.7 Å². The molecule has 2 heterocycles. The molecule has 0 unspecified atom stereocenters. The molecule has 1 saturated carbocycles. The molecule has 10 heteroatoms. The van der Waals surface area contributed by atoms with Gasteiger partial charge in [-0.1, -0.05) is 40.0 Å². The zero-order valence-corrected chi connectivity index (χ0v) is 19.8. The van der Waals surface area contributed by atoms with Gasteiger partial charge in [-0.2, -0.15) is 0 Å². The molecule has 0 bridgehead atoms. The van der Waals surface area contributed by atoms with Crippen molar-refractivity contribution in [2.45, 2.75) is 72.3 Å². The van der Waals surface area contributed by atoms with Crippen LogP contribution in [0.5, 0.6) is 0 Å². The molecule has 1 saturated heterocycles. The summed E-state index contributed by atoms with van der Waals surface area (Å²) < 4.78 is 1.26. The van der Waals surface area contributed by atoms with E-state index in [1.807, 2.05) is 20.8 Å². The number of anilines is 2. The predicted molar refractivity (Wildman–Crippen MR) is 125 cm³/mol. The Bertz CT molecular complexity index is 1000. The van der Waals surface area contributed by atoms with Gasteiger partial charge >= 0.3 is 5.69 Å². The zero-order chi connectivity index (χ0) is 24.3. The number of hydrogen-bond acceptors (Lipinski definition) is 6. The third-order valence-corrected chi connectivity index (χ3v) is 6.68. The van der Waals surface area contributed by atoms with Crippen LogP contribution in [0.3, 0.4) is 0 Å². The van der Waals surface area contributed by atoms with E-state index in [9.17, 15) is 24.0 Å². The second-order valence-corrected chi connectivity index (χ2v) is 9.49. The maximum Gasteiger partial charge on any atom is 0.330 e. The Morgan fingerprint density at radius 1 is 1.12 bits per heavy atom. The highest BCUT2D eigenvalue weighted by molar-refractivity contribution is 6.09. The third kappa shape index (κ3) is 5.04. The van der Waals surface area contributed by atoms with Gasteiger partial charge in [-0.15, -0.1) is 0 Å². The van der Waals surface area contributed by atoms with Gasteiger partial charge in [0.2, 0.25) is 17.7 Å². The molecule has 10 nitrogen and oxygen atoms in total. The molecule has 1 aromatic rings. The fourth-order valence-corrected chi connectivity index (χ4v) is 4.73. The van der Waals surface area contributed by atoms with Crippen LogP contribution in [0.2, 0.25) is 0 Å². The Morgan fingerprint density at radius 2 is 1.73 bits per heavy atom. The maximum absolute atomic E-state index is 13.4. The summed E-state index contributed by atoms with van der Waals surface area (Å²) in [5, 5.41) is 0. The van der Waals surface area contributed by atoms with Crippen molar-refractivity contribution < 1.29 is 14.4 Å². The number of hydrogen-bond donors (Lipinski definition) is 2. The van der Waals surface area contributed by atoms with Gasteiger partial charge in [0.15, 0.2) is 5.69 Å². The standard InChI is InChI=1S/C23H35N5O5/c1-4-5-11-27-19(24)18(20(30)25-23(27)33)26(12-10-14(2)3)17(29)13-28-21(31)15-8-6-7-9-16(15)22(28)32/h14-16H,4-13,24H2,1-3H3,(H,25,30,33)/t15-,16+. The lowest BCUT2D eigenvalue weighted by Crippen LogP contribution is -2.47. The number of nitrogens with two attached hydrogens (primary N) is 1. The number of aromatic nitrogens is 2. The van der Waals surface area contributed by atoms with E-state index in [-0.39, 0.29) is 47.6 Å². The summed E-state index contributed by atoms with van der Waals surface area (Å²) in [5.41, 5.74) is 4.75. The SMILES string of the molecule is CCCCn1c(N)c(N(CCC(C)C)C(=O)CN2C(=O)[C@H]3CCCC[C@H]3C2=O)c(=O)[nH]c1=O. The lowest BCUT2D eigenvalue weighted by Gasteiger charge is -2.27. The average Bonchev–Trinajstić information content (AvgIpc) is 3.00. The Labute approximate surface area is 193 Å². The first-order chi connectivity index (χ1) is 15.7. The van der Waals surface area contributed by atoms with Crippen LogP contribution >= 0.6 is 0 Å². The van der Waals surface area contributed by atoms with Crippen molar-refractivity contribution >= 4 is 29.2 Å². The molecule has 1 aliphatic carbocycles. The minimum atomic E-state index is -0.755. The van der Waals surface area contributed by atoms with Gasteiger partial charge in [0.25, 0.3) is 5.56 Å². The number of rotatable bonds is 9. The van der Waals surface area contributed by atoms with Crippen LogP contribution in [-0.2, 0) is 20.9 Å². The first kappa shape index (κ1) is 24.7. The van der Waals surface area contributed by atoms with Gasteiger partial charge in [0, 0.05) is 13.1 Å². The maximum atomic E-state index is 13.4. The van der Waals surface area contributed by atoms with Crippen molar-refractivity contribution in [1.82, 2.24) is 14.5 Å². The predicted octanol–water partition coefficient (Wildman–Crippen LogP) is 1.47. The Kier molecular flexibility index (Phi) is 7.76. The lowest BCUT2D eigenvalue weighted by atomic mass is 9.81. The van der Waals surface area contributed by atoms with Crippen molar-refractivity contribution in [3.05, 3.63) is 20.8 Å². The van der Waals surface area contributed by atoms with Gasteiger partial charge in [-0.3, -0.25) is 33.6 Å². The summed E-state index contributed by atoms with van der Waals surface area (Å²) >= 11 is 0. The minimum Gasteiger partial charge on any atom is -0.383 e. The number of carbonyl (C=O) groups is 3. The van der Waals surface area contributed by atoms with Gasteiger partial charge in [0.1, 0.15) is 12.4 Å². The van der Waals surface area contributed by atoms with Gasteiger partial charge in [0.05, 0.1) is 11.8 Å². The van der Waals surface area contributed by atoms with E-state index in [1.54, 1.807) is 0 Å². The molecule has 2 fully saturated rings. The quantitative estimate of drug-likeness (QED) is 0.534. The molecule has 0 radical (unpaired) electrons. The number of H-pyrrole nitrogens is 1. The Balaban J connectivity index is 1.94. The summed E-state index contributed by atoms with van der Waals surface area (Å²) in [5.74, 6) is -1.74. The van der Waals surface area contributed by atoms with Crippen molar-refractivity contribution in [1.29, 1.82) is 0 Å². The van der Waals surface area contributed by atoms with E-state index in [0.717, 1.165) is 24.2 Å². The molecule has 33 heavy (non-hydrogen) atoms. The number of likely N-dealkylation sites (tertiary alicyclic amines) is 1. The molecule has 3 rings (SSSR count). The highest BCUT2D eigenvalue weighted by atomic mass is 16.2. The molecule has 3 amide bonds. The number of aromatic amines is 1. The molecule has 0 aromatic carbocycles. The third-order valence-electron chi connectivity index (χ3n) is 6.68. The molecule has 2 aliphatic rings.